The second kappa shape index (κ2) is 8.26. The van der Waals surface area contributed by atoms with E-state index >= 15 is 0 Å². The number of rotatable bonds is 4. The molecule has 0 aliphatic heterocycles. The number of phenols is 1. The molecule has 0 saturated carbocycles. The average molecular weight is 413 g/mol. The number of nitrogens with zero attached hydrogens (tertiary/aromatic N) is 2. The molecule has 3 rings (SSSR count). The highest BCUT2D eigenvalue weighted by Gasteiger charge is 2.20. The molecular formula is C15H19N5O7S. The summed E-state index contributed by atoms with van der Waals surface area (Å²) in [5.74, 6) is -0.0911. The van der Waals surface area contributed by atoms with Crippen molar-refractivity contribution < 1.29 is 32.2 Å². The van der Waals surface area contributed by atoms with Gasteiger partial charge in [0.05, 0.1) is 6.20 Å². The van der Waals surface area contributed by atoms with Crippen LogP contribution in [0.2, 0.25) is 0 Å². The molecule has 1 atom stereocenters. The van der Waals surface area contributed by atoms with Crippen molar-refractivity contribution in [3.8, 4) is 11.6 Å². The molecule has 0 unspecified atom stereocenters. The van der Waals surface area contributed by atoms with Crippen molar-refractivity contribution in [1.29, 1.82) is 0 Å². The van der Waals surface area contributed by atoms with Gasteiger partial charge in [-0.25, -0.2) is 4.79 Å². The van der Waals surface area contributed by atoms with Crippen LogP contribution in [-0.4, -0.2) is 49.2 Å². The van der Waals surface area contributed by atoms with Gasteiger partial charge in [0.15, 0.2) is 0 Å². The maximum absolute atomic E-state index is 12.1. The van der Waals surface area contributed by atoms with Crippen LogP contribution in [-0.2, 0) is 28.7 Å². The van der Waals surface area contributed by atoms with Crippen LogP contribution in [0.15, 0.2) is 30.6 Å². The van der Waals surface area contributed by atoms with E-state index in [-0.39, 0.29) is 24.0 Å². The average Bonchev–Trinajstić information content (AvgIpc) is 3.09. The molecule has 0 aliphatic rings. The van der Waals surface area contributed by atoms with Gasteiger partial charge in [-0.15, -0.1) is 0 Å². The van der Waals surface area contributed by atoms with Crippen LogP contribution in [0.5, 0.6) is 11.6 Å². The number of carbonyl (C=O) groups is 1. The third kappa shape index (κ3) is 5.95. The van der Waals surface area contributed by atoms with E-state index in [0.29, 0.717) is 0 Å². The number of phenolic OH excluding ortho intramolecular Hbond substituents is 1. The first-order valence-corrected chi connectivity index (χ1v) is 9.08. The van der Waals surface area contributed by atoms with Gasteiger partial charge < -0.3 is 30.9 Å². The zero-order chi connectivity index (χ0) is 21.1. The number of nitrogen functional groups attached to an aromatic ring is 1. The number of aromatic hydroxyl groups is 1. The van der Waals surface area contributed by atoms with E-state index in [1.54, 1.807) is 31.4 Å². The van der Waals surface area contributed by atoms with Crippen molar-refractivity contribution in [2.75, 3.05) is 5.73 Å². The van der Waals surface area contributed by atoms with E-state index in [0.717, 1.165) is 16.5 Å². The van der Waals surface area contributed by atoms with Gasteiger partial charge in [-0.1, -0.05) is 0 Å². The SMILES string of the molecule is Cn1cc(OC(=O)[C@@H](N)Cc2c[nH]c3ccc(O)cc23)nc1N.O=S(=O)(O)O. The fourth-order valence-corrected chi connectivity index (χ4v) is 2.34. The lowest BCUT2D eigenvalue weighted by molar-refractivity contribution is -0.136. The molecule has 28 heavy (non-hydrogen) atoms. The number of H-pyrrole nitrogens is 1. The first-order chi connectivity index (χ1) is 12.9. The van der Waals surface area contributed by atoms with Gasteiger partial charge in [-0.3, -0.25) is 9.11 Å². The lowest BCUT2D eigenvalue weighted by Crippen LogP contribution is -2.36. The molecule has 0 aliphatic carbocycles. The molecule has 13 heteroatoms. The molecule has 2 aromatic heterocycles. The standard InChI is InChI=1S/C15H17N5O3.H2O4S/c1-20-7-13(19-15(20)17)23-14(22)11(16)4-8-6-18-12-3-2-9(21)5-10(8)12;1-5(2,3)4/h2-3,5-7,11,18,21H,4,16H2,1H3,(H2,17,19);(H2,1,2,3,4)/t11-;/m0./s1. The number of fused-ring (bicyclic) bond motifs is 1. The second-order valence-electron chi connectivity index (χ2n) is 5.77. The monoisotopic (exact) mass is 413 g/mol. The number of nitrogens with two attached hydrogens (primary N) is 2. The summed E-state index contributed by atoms with van der Waals surface area (Å²) in [4.78, 5) is 19.0. The summed E-state index contributed by atoms with van der Waals surface area (Å²) in [5, 5.41) is 10.4. The highest BCUT2D eigenvalue weighted by molar-refractivity contribution is 7.79. The Labute approximate surface area is 159 Å². The highest BCUT2D eigenvalue weighted by Crippen LogP contribution is 2.24. The fraction of sp³-hybridized carbons (Fsp3) is 0.200. The number of aryl methyl sites for hydroxylation is 1. The van der Waals surface area contributed by atoms with Gasteiger partial charge in [0, 0.05) is 30.6 Å². The normalized spacial score (nSPS) is 12.3. The fourth-order valence-electron chi connectivity index (χ4n) is 2.34. The third-order valence-corrected chi connectivity index (χ3v) is 3.59. The van der Waals surface area contributed by atoms with E-state index in [1.165, 1.54) is 10.8 Å². The van der Waals surface area contributed by atoms with Gasteiger partial charge in [0.25, 0.3) is 0 Å². The first-order valence-electron chi connectivity index (χ1n) is 7.69. The molecule has 2 heterocycles. The Bertz CT molecular complexity index is 1060. The molecule has 0 saturated heterocycles. The smallest absolute Gasteiger partial charge is 0.394 e. The zero-order valence-electron chi connectivity index (χ0n) is 14.6. The summed E-state index contributed by atoms with van der Waals surface area (Å²) >= 11 is 0. The summed E-state index contributed by atoms with van der Waals surface area (Å²) in [6.45, 7) is 0. The van der Waals surface area contributed by atoms with Crippen LogP contribution >= 0.6 is 0 Å². The van der Waals surface area contributed by atoms with E-state index in [1.807, 2.05) is 0 Å². The predicted octanol–water partition coefficient (Wildman–Crippen LogP) is 0.0118. The topological polar surface area (TPSA) is 207 Å². The van der Waals surface area contributed by atoms with Crippen molar-refractivity contribution in [3.63, 3.8) is 0 Å². The van der Waals surface area contributed by atoms with Gasteiger partial charge in [-0.2, -0.15) is 13.4 Å². The zero-order valence-corrected chi connectivity index (χ0v) is 15.4. The molecule has 152 valence electrons. The summed E-state index contributed by atoms with van der Waals surface area (Å²) in [7, 11) is -2.97. The van der Waals surface area contributed by atoms with Crippen LogP contribution in [0.25, 0.3) is 10.9 Å². The molecule has 8 N–H and O–H groups in total. The van der Waals surface area contributed by atoms with Crippen molar-refractivity contribution in [3.05, 3.63) is 36.2 Å². The maximum atomic E-state index is 12.1. The number of hydrogen-bond acceptors (Lipinski definition) is 8. The molecule has 1 aromatic carbocycles. The number of benzene rings is 1. The van der Waals surface area contributed by atoms with Crippen LogP contribution in [0, 0.1) is 0 Å². The molecule has 0 bridgehead atoms. The van der Waals surface area contributed by atoms with Gasteiger partial charge >= 0.3 is 16.4 Å². The minimum absolute atomic E-state index is 0.113. The largest absolute Gasteiger partial charge is 0.508 e. The summed E-state index contributed by atoms with van der Waals surface area (Å²) in [5.41, 5.74) is 13.2. The number of aromatic nitrogens is 3. The Kier molecular flexibility index (Phi) is 6.25. The Morgan fingerprint density at radius 3 is 2.61 bits per heavy atom. The molecule has 0 amide bonds. The number of carbonyl (C=O) groups excluding carboxylic acids is 1. The summed E-state index contributed by atoms with van der Waals surface area (Å²) in [6.07, 6.45) is 3.53. The highest BCUT2D eigenvalue weighted by atomic mass is 32.3. The van der Waals surface area contributed by atoms with Gasteiger partial charge in [0.1, 0.15) is 11.8 Å². The number of imidazole rings is 1. The molecule has 0 spiro atoms. The van der Waals surface area contributed by atoms with E-state index in [4.69, 9.17) is 33.7 Å². The number of ether oxygens (including phenoxy) is 1. The van der Waals surface area contributed by atoms with Crippen molar-refractivity contribution in [2.45, 2.75) is 12.5 Å². The van der Waals surface area contributed by atoms with Gasteiger partial charge in [0.2, 0.25) is 11.8 Å². The van der Waals surface area contributed by atoms with Crippen molar-refractivity contribution >= 4 is 33.2 Å². The van der Waals surface area contributed by atoms with E-state index in [9.17, 15) is 9.90 Å². The van der Waals surface area contributed by atoms with Crippen LogP contribution < -0.4 is 16.2 Å². The van der Waals surface area contributed by atoms with Crippen LogP contribution in [0.4, 0.5) is 5.95 Å². The Balaban J connectivity index is 0.000000500. The lowest BCUT2D eigenvalue weighted by Gasteiger charge is -2.09. The van der Waals surface area contributed by atoms with Crippen LogP contribution in [0.3, 0.4) is 0 Å². The van der Waals surface area contributed by atoms with Gasteiger partial charge in [-0.05, 0) is 23.8 Å². The number of esters is 1. The summed E-state index contributed by atoms with van der Waals surface area (Å²) in [6, 6.07) is 4.11. The van der Waals surface area contributed by atoms with Crippen molar-refractivity contribution in [1.82, 2.24) is 14.5 Å². The number of hydrogen-bond donors (Lipinski definition) is 6. The molecule has 0 radical (unpaired) electrons. The van der Waals surface area contributed by atoms with Crippen molar-refractivity contribution in [2.24, 2.45) is 12.8 Å². The Morgan fingerprint density at radius 2 is 2.04 bits per heavy atom. The lowest BCUT2D eigenvalue weighted by atomic mass is 10.1. The minimum Gasteiger partial charge on any atom is -0.508 e. The molecule has 3 aromatic rings. The Morgan fingerprint density at radius 1 is 1.39 bits per heavy atom. The second-order valence-corrected chi connectivity index (χ2v) is 6.67. The molecule has 0 fully saturated rings. The predicted molar refractivity (Wildman–Crippen MR) is 99.1 cm³/mol. The quantitative estimate of drug-likeness (QED) is 0.249. The molecule has 12 nitrogen and oxygen atoms in total. The third-order valence-electron chi connectivity index (χ3n) is 3.59. The summed E-state index contributed by atoms with van der Waals surface area (Å²) < 4.78 is 38.2. The van der Waals surface area contributed by atoms with Crippen LogP contribution in [0.1, 0.15) is 5.56 Å². The minimum atomic E-state index is -4.67. The first kappa shape index (κ1) is 21.2. The Hall–Kier alpha value is -3.13. The number of aromatic amines is 1. The number of anilines is 1. The molecular weight excluding hydrogens is 394 g/mol. The number of nitrogens with one attached hydrogen (secondary N) is 1. The van der Waals surface area contributed by atoms with E-state index in [2.05, 4.69) is 9.97 Å². The maximum Gasteiger partial charge on any atom is 0.394 e. The van der Waals surface area contributed by atoms with E-state index < -0.39 is 22.4 Å².